The summed E-state index contributed by atoms with van der Waals surface area (Å²) in [5.41, 5.74) is 6.99. The van der Waals surface area contributed by atoms with Crippen molar-refractivity contribution in [3.63, 3.8) is 0 Å². The molecule has 4 nitrogen and oxygen atoms in total. The molecule has 0 aliphatic carbocycles. The second-order valence-electron chi connectivity index (χ2n) is 5.16. The Hall–Kier alpha value is -1.55. The van der Waals surface area contributed by atoms with Gasteiger partial charge < -0.3 is 16.0 Å². The number of amides is 1. The lowest BCUT2D eigenvalue weighted by Crippen LogP contribution is -2.38. The molecule has 1 fully saturated rings. The van der Waals surface area contributed by atoms with Gasteiger partial charge >= 0.3 is 0 Å². The molecule has 0 spiro atoms. The summed E-state index contributed by atoms with van der Waals surface area (Å²) in [4.78, 5) is 13.4. The van der Waals surface area contributed by atoms with Crippen molar-refractivity contribution in [2.45, 2.75) is 19.8 Å². The first-order valence-electron chi connectivity index (χ1n) is 7.06. The van der Waals surface area contributed by atoms with Crippen molar-refractivity contribution in [2.24, 2.45) is 11.7 Å². The summed E-state index contributed by atoms with van der Waals surface area (Å²) in [6.45, 7) is 6.47. The predicted molar refractivity (Wildman–Crippen MR) is 78.4 cm³/mol. The lowest BCUT2D eigenvalue weighted by Gasteiger charge is -2.31. The third kappa shape index (κ3) is 3.70. The van der Waals surface area contributed by atoms with Crippen LogP contribution in [0.2, 0.25) is 0 Å². The highest BCUT2D eigenvalue weighted by atomic mass is 16.1. The number of nitrogens with two attached hydrogens (primary N) is 1. The summed E-state index contributed by atoms with van der Waals surface area (Å²) >= 11 is 0. The van der Waals surface area contributed by atoms with Crippen molar-refractivity contribution in [3.8, 4) is 0 Å². The number of rotatable bonds is 5. The first-order valence-corrected chi connectivity index (χ1v) is 7.06. The van der Waals surface area contributed by atoms with Gasteiger partial charge in [-0.25, -0.2) is 0 Å². The molecule has 1 heterocycles. The van der Waals surface area contributed by atoms with Crippen molar-refractivity contribution >= 4 is 11.6 Å². The van der Waals surface area contributed by atoms with E-state index in [1.54, 1.807) is 12.1 Å². The average Bonchev–Trinajstić information content (AvgIpc) is 2.46. The molecule has 1 unspecified atom stereocenters. The van der Waals surface area contributed by atoms with Gasteiger partial charge in [0.15, 0.2) is 0 Å². The number of primary amides is 1. The number of carbonyl (C=O) groups is 1. The standard InChI is InChI=1S/C15H23N3O/c1-2-18(11-12-4-3-9-17-10-12)14-7-5-13(6-8-14)15(16)19/h5-8,12,17H,2-4,9-11H2,1H3,(H2,16,19). The van der Waals surface area contributed by atoms with Crippen molar-refractivity contribution < 1.29 is 4.79 Å². The molecule has 0 aromatic heterocycles. The van der Waals surface area contributed by atoms with Gasteiger partial charge in [-0.1, -0.05) is 0 Å². The Labute approximate surface area is 115 Å². The number of piperidine rings is 1. The van der Waals surface area contributed by atoms with Gasteiger partial charge in [-0.05, 0) is 63.0 Å². The van der Waals surface area contributed by atoms with Gasteiger partial charge in [-0.3, -0.25) is 4.79 Å². The molecule has 0 radical (unpaired) electrons. The minimum Gasteiger partial charge on any atom is -0.371 e. The highest BCUT2D eigenvalue weighted by Gasteiger charge is 2.16. The maximum atomic E-state index is 11.1. The quantitative estimate of drug-likeness (QED) is 0.846. The molecule has 19 heavy (non-hydrogen) atoms. The van der Waals surface area contributed by atoms with Gasteiger partial charge in [0.1, 0.15) is 0 Å². The molecule has 1 atom stereocenters. The van der Waals surface area contributed by atoms with Gasteiger partial charge in [0.2, 0.25) is 5.91 Å². The van der Waals surface area contributed by atoms with E-state index in [0.717, 1.165) is 31.9 Å². The summed E-state index contributed by atoms with van der Waals surface area (Å²) in [5, 5.41) is 3.45. The molecular formula is C15H23N3O. The number of carbonyl (C=O) groups excluding carboxylic acids is 1. The second kappa shape index (κ2) is 6.57. The summed E-state index contributed by atoms with van der Waals surface area (Å²) in [7, 11) is 0. The molecule has 1 saturated heterocycles. The minimum absolute atomic E-state index is 0.369. The molecule has 1 aromatic carbocycles. The molecule has 4 heteroatoms. The normalized spacial score (nSPS) is 19.1. The predicted octanol–water partition coefficient (Wildman–Crippen LogP) is 1.61. The van der Waals surface area contributed by atoms with Crippen LogP contribution in [-0.2, 0) is 0 Å². The van der Waals surface area contributed by atoms with Crippen molar-refractivity contribution in [3.05, 3.63) is 29.8 Å². The first kappa shape index (κ1) is 13.9. The van der Waals surface area contributed by atoms with Crippen LogP contribution in [0.25, 0.3) is 0 Å². The Morgan fingerprint density at radius 2 is 2.16 bits per heavy atom. The fourth-order valence-corrected chi connectivity index (χ4v) is 2.65. The van der Waals surface area contributed by atoms with E-state index in [4.69, 9.17) is 5.73 Å². The molecule has 1 aliphatic heterocycles. The molecule has 0 saturated carbocycles. The van der Waals surface area contributed by atoms with Crippen LogP contribution in [0.4, 0.5) is 5.69 Å². The number of anilines is 1. The Balaban J connectivity index is 2.01. The number of nitrogens with zero attached hydrogens (tertiary/aromatic N) is 1. The minimum atomic E-state index is -0.369. The third-order valence-electron chi connectivity index (χ3n) is 3.78. The molecule has 104 valence electrons. The van der Waals surface area contributed by atoms with Crippen LogP contribution in [0.1, 0.15) is 30.1 Å². The van der Waals surface area contributed by atoms with E-state index in [1.807, 2.05) is 12.1 Å². The summed E-state index contributed by atoms with van der Waals surface area (Å²) in [6, 6.07) is 7.58. The van der Waals surface area contributed by atoms with Crippen LogP contribution in [0.15, 0.2) is 24.3 Å². The van der Waals surface area contributed by atoms with E-state index in [2.05, 4.69) is 17.1 Å². The van der Waals surface area contributed by atoms with Gasteiger partial charge in [0.05, 0.1) is 0 Å². The summed E-state index contributed by atoms with van der Waals surface area (Å²) in [6.07, 6.45) is 2.56. The smallest absolute Gasteiger partial charge is 0.248 e. The molecule has 0 bridgehead atoms. The van der Waals surface area contributed by atoms with Gasteiger partial charge in [-0.2, -0.15) is 0 Å². The number of nitrogens with one attached hydrogen (secondary N) is 1. The third-order valence-corrected chi connectivity index (χ3v) is 3.78. The highest BCUT2D eigenvalue weighted by molar-refractivity contribution is 5.93. The van der Waals surface area contributed by atoms with Crippen molar-refractivity contribution in [1.82, 2.24) is 5.32 Å². The summed E-state index contributed by atoms with van der Waals surface area (Å²) in [5.74, 6) is 0.343. The van der Waals surface area contributed by atoms with Gasteiger partial charge in [0.25, 0.3) is 0 Å². The number of hydrogen-bond donors (Lipinski definition) is 2. The van der Waals surface area contributed by atoms with Crippen molar-refractivity contribution in [1.29, 1.82) is 0 Å². The SMILES string of the molecule is CCN(CC1CCCNC1)c1ccc(C(N)=O)cc1. The average molecular weight is 261 g/mol. The van der Waals surface area contributed by atoms with E-state index < -0.39 is 0 Å². The zero-order chi connectivity index (χ0) is 13.7. The molecule has 1 aromatic rings. The largest absolute Gasteiger partial charge is 0.371 e. The summed E-state index contributed by atoms with van der Waals surface area (Å²) < 4.78 is 0. The maximum absolute atomic E-state index is 11.1. The lowest BCUT2D eigenvalue weighted by atomic mass is 9.99. The zero-order valence-electron chi connectivity index (χ0n) is 11.6. The lowest BCUT2D eigenvalue weighted by molar-refractivity contribution is 0.100. The molecular weight excluding hydrogens is 238 g/mol. The fourth-order valence-electron chi connectivity index (χ4n) is 2.65. The molecule has 3 N–H and O–H groups in total. The number of hydrogen-bond acceptors (Lipinski definition) is 3. The fraction of sp³-hybridized carbons (Fsp3) is 0.533. The monoisotopic (exact) mass is 261 g/mol. The first-order chi connectivity index (χ1) is 9.20. The van der Waals surface area contributed by atoms with E-state index in [9.17, 15) is 4.79 Å². The highest BCUT2D eigenvalue weighted by Crippen LogP contribution is 2.19. The van der Waals surface area contributed by atoms with Crippen molar-refractivity contribution in [2.75, 3.05) is 31.1 Å². The molecule has 2 rings (SSSR count). The zero-order valence-corrected chi connectivity index (χ0v) is 11.6. The number of benzene rings is 1. The second-order valence-corrected chi connectivity index (χ2v) is 5.16. The van der Waals surface area contributed by atoms with Gasteiger partial charge in [-0.15, -0.1) is 0 Å². The van der Waals surface area contributed by atoms with E-state index in [1.165, 1.54) is 12.8 Å². The van der Waals surface area contributed by atoms with E-state index in [0.29, 0.717) is 11.5 Å². The Bertz CT molecular complexity index is 410. The topological polar surface area (TPSA) is 58.4 Å². The van der Waals surface area contributed by atoms with Crippen LogP contribution in [-0.4, -0.2) is 32.1 Å². The Morgan fingerprint density at radius 1 is 1.42 bits per heavy atom. The Kier molecular flexibility index (Phi) is 4.80. The van der Waals surface area contributed by atoms with E-state index in [-0.39, 0.29) is 5.91 Å². The van der Waals surface area contributed by atoms with Crippen LogP contribution >= 0.6 is 0 Å². The Morgan fingerprint density at radius 3 is 2.68 bits per heavy atom. The van der Waals surface area contributed by atoms with Crippen LogP contribution in [0.5, 0.6) is 0 Å². The van der Waals surface area contributed by atoms with Crippen LogP contribution in [0.3, 0.4) is 0 Å². The van der Waals surface area contributed by atoms with Gasteiger partial charge in [0, 0.05) is 24.3 Å². The molecule has 1 amide bonds. The van der Waals surface area contributed by atoms with Crippen LogP contribution in [0, 0.1) is 5.92 Å². The van der Waals surface area contributed by atoms with E-state index >= 15 is 0 Å². The maximum Gasteiger partial charge on any atom is 0.248 e. The van der Waals surface area contributed by atoms with Crippen LogP contribution < -0.4 is 16.0 Å². The molecule has 1 aliphatic rings.